The van der Waals surface area contributed by atoms with E-state index in [1.807, 2.05) is 0 Å². The van der Waals surface area contributed by atoms with Crippen molar-refractivity contribution in [2.45, 2.75) is 6.92 Å². The largest absolute Gasteiger partial charge is 0.383 e. The van der Waals surface area contributed by atoms with Crippen molar-refractivity contribution in [2.75, 3.05) is 25.6 Å². The zero-order valence-corrected chi connectivity index (χ0v) is 13.9. The molecule has 0 aliphatic rings. The summed E-state index contributed by atoms with van der Waals surface area (Å²) < 4.78 is 31.1. The summed E-state index contributed by atoms with van der Waals surface area (Å²) in [6, 6.07) is 7.77. The van der Waals surface area contributed by atoms with E-state index in [2.05, 4.69) is 10.6 Å². The summed E-state index contributed by atoms with van der Waals surface area (Å²) in [7, 11) is 1.53. The summed E-state index contributed by atoms with van der Waals surface area (Å²) in [5.74, 6) is -3.02. The number of methoxy groups -OCH3 is 1. The molecule has 0 aromatic heterocycles. The van der Waals surface area contributed by atoms with E-state index < -0.39 is 17.5 Å². The van der Waals surface area contributed by atoms with Gasteiger partial charge >= 0.3 is 0 Å². The van der Waals surface area contributed by atoms with Crippen molar-refractivity contribution >= 4 is 17.5 Å². The van der Waals surface area contributed by atoms with E-state index in [0.717, 1.165) is 12.1 Å². The van der Waals surface area contributed by atoms with Crippen molar-refractivity contribution in [1.29, 1.82) is 0 Å². The van der Waals surface area contributed by atoms with Crippen LogP contribution < -0.4 is 10.6 Å². The fraction of sp³-hybridized carbons (Fsp3) is 0.222. The SMILES string of the molecule is COCCNC(=O)c1cccc(NC(=O)c2ccc(F)c(F)c2)c1C. The highest BCUT2D eigenvalue weighted by Crippen LogP contribution is 2.20. The smallest absolute Gasteiger partial charge is 0.255 e. The zero-order valence-electron chi connectivity index (χ0n) is 13.9. The second kappa shape index (κ2) is 8.34. The van der Waals surface area contributed by atoms with Gasteiger partial charge in [-0.1, -0.05) is 6.07 Å². The number of halogens is 2. The molecule has 0 fully saturated rings. The first-order valence-electron chi connectivity index (χ1n) is 7.57. The molecule has 0 bridgehead atoms. The second-order valence-corrected chi connectivity index (χ2v) is 5.31. The number of anilines is 1. The van der Waals surface area contributed by atoms with Crippen LogP contribution in [0.25, 0.3) is 0 Å². The minimum Gasteiger partial charge on any atom is -0.383 e. The summed E-state index contributed by atoms with van der Waals surface area (Å²) in [5, 5.41) is 5.30. The van der Waals surface area contributed by atoms with Crippen LogP contribution in [0.2, 0.25) is 0 Å². The Morgan fingerprint density at radius 1 is 1.08 bits per heavy atom. The highest BCUT2D eigenvalue weighted by Gasteiger charge is 2.15. The van der Waals surface area contributed by atoms with E-state index in [4.69, 9.17) is 4.74 Å². The number of carbonyl (C=O) groups excluding carboxylic acids is 2. The molecule has 0 saturated carbocycles. The van der Waals surface area contributed by atoms with E-state index in [1.165, 1.54) is 13.2 Å². The molecule has 0 spiro atoms. The molecule has 2 rings (SSSR count). The van der Waals surface area contributed by atoms with Gasteiger partial charge in [0.1, 0.15) is 0 Å². The lowest BCUT2D eigenvalue weighted by Crippen LogP contribution is -2.27. The summed E-state index contributed by atoms with van der Waals surface area (Å²) >= 11 is 0. The number of benzene rings is 2. The Morgan fingerprint density at radius 3 is 2.52 bits per heavy atom. The maximum Gasteiger partial charge on any atom is 0.255 e. The highest BCUT2D eigenvalue weighted by atomic mass is 19.2. The van der Waals surface area contributed by atoms with Crippen LogP contribution in [0.4, 0.5) is 14.5 Å². The molecule has 0 atom stereocenters. The van der Waals surface area contributed by atoms with E-state index in [1.54, 1.807) is 25.1 Å². The van der Waals surface area contributed by atoms with Gasteiger partial charge in [0, 0.05) is 30.5 Å². The van der Waals surface area contributed by atoms with Gasteiger partial charge < -0.3 is 15.4 Å². The molecule has 2 amide bonds. The van der Waals surface area contributed by atoms with Crippen molar-refractivity contribution in [1.82, 2.24) is 5.32 Å². The lowest BCUT2D eigenvalue weighted by Gasteiger charge is -2.13. The number of hydrogen-bond acceptors (Lipinski definition) is 3. The van der Waals surface area contributed by atoms with E-state index >= 15 is 0 Å². The summed E-state index contributed by atoms with van der Waals surface area (Å²) in [6.45, 7) is 2.43. The zero-order chi connectivity index (χ0) is 18.4. The standard InChI is InChI=1S/C18H18F2N2O3/c1-11-13(18(24)21-8-9-25-2)4-3-5-16(11)22-17(23)12-6-7-14(19)15(20)10-12/h3-7,10H,8-9H2,1-2H3,(H,21,24)(H,22,23). The first-order chi connectivity index (χ1) is 11.9. The molecule has 0 aliphatic heterocycles. The van der Waals surface area contributed by atoms with Crippen LogP contribution in [0.5, 0.6) is 0 Å². The fourth-order valence-electron chi connectivity index (χ4n) is 2.21. The quantitative estimate of drug-likeness (QED) is 0.789. The van der Waals surface area contributed by atoms with Crippen molar-refractivity contribution in [3.8, 4) is 0 Å². The Kier molecular flexibility index (Phi) is 6.19. The number of hydrogen-bond donors (Lipinski definition) is 2. The molecule has 0 radical (unpaired) electrons. The lowest BCUT2D eigenvalue weighted by molar-refractivity contribution is 0.0935. The third-order valence-electron chi connectivity index (χ3n) is 3.60. The minimum absolute atomic E-state index is 0.0201. The number of carbonyl (C=O) groups is 2. The molecule has 2 aromatic carbocycles. The molecule has 0 aliphatic carbocycles. The number of rotatable bonds is 6. The normalized spacial score (nSPS) is 10.4. The Morgan fingerprint density at radius 2 is 1.84 bits per heavy atom. The molecule has 25 heavy (non-hydrogen) atoms. The number of amides is 2. The molecule has 2 aromatic rings. The van der Waals surface area contributed by atoms with Crippen molar-refractivity contribution in [3.63, 3.8) is 0 Å². The number of ether oxygens (including phenoxy) is 1. The molecular weight excluding hydrogens is 330 g/mol. The maximum absolute atomic E-state index is 13.3. The van der Waals surface area contributed by atoms with Gasteiger partial charge in [-0.3, -0.25) is 9.59 Å². The summed E-state index contributed by atoms with van der Waals surface area (Å²) in [5.41, 5.74) is 1.36. The van der Waals surface area contributed by atoms with Gasteiger partial charge in [0.05, 0.1) is 6.61 Å². The number of nitrogens with one attached hydrogen (secondary N) is 2. The van der Waals surface area contributed by atoms with E-state index in [9.17, 15) is 18.4 Å². The third-order valence-corrected chi connectivity index (χ3v) is 3.60. The first-order valence-corrected chi connectivity index (χ1v) is 7.57. The average molecular weight is 348 g/mol. The molecule has 5 nitrogen and oxygen atoms in total. The van der Waals surface area contributed by atoms with Crippen molar-refractivity contribution in [2.24, 2.45) is 0 Å². The average Bonchev–Trinajstić information content (AvgIpc) is 2.59. The molecule has 0 unspecified atom stereocenters. The van der Waals surface area contributed by atoms with Crippen LogP contribution in [0.15, 0.2) is 36.4 Å². The fourth-order valence-corrected chi connectivity index (χ4v) is 2.21. The van der Waals surface area contributed by atoms with Gasteiger partial charge in [-0.05, 0) is 42.8 Å². The highest BCUT2D eigenvalue weighted by molar-refractivity contribution is 6.06. The van der Waals surface area contributed by atoms with Gasteiger partial charge in [-0.2, -0.15) is 0 Å². The summed E-state index contributed by atoms with van der Waals surface area (Å²) in [6.07, 6.45) is 0. The Bertz CT molecular complexity index is 794. The van der Waals surface area contributed by atoms with Gasteiger partial charge in [-0.15, -0.1) is 0 Å². The molecule has 0 saturated heterocycles. The van der Waals surface area contributed by atoms with Crippen LogP contribution in [0.3, 0.4) is 0 Å². The maximum atomic E-state index is 13.3. The lowest BCUT2D eigenvalue weighted by atomic mass is 10.1. The summed E-state index contributed by atoms with van der Waals surface area (Å²) in [4.78, 5) is 24.4. The molecule has 132 valence electrons. The van der Waals surface area contributed by atoms with Crippen LogP contribution >= 0.6 is 0 Å². The van der Waals surface area contributed by atoms with Crippen molar-refractivity contribution < 1.29 is 23.1 Å². The van der Waals surface area contributed by atoms with Crippen molar-refractivity contribution in [3.05, 3.63) is 64.7 Å². The van der Waals surface area contributed by atoms with Crippen LogP contribution in [-0.2, 0) is 4.74 Å². The van der Waals surface area contributed by atoms with Crippen LogP contribution in [0.1, 0.15) is 26.3 Å². The topological polar surface area (TPSA) is 67.4 Å². The van der Waals surface area contributed by atoms with Crippen LogP contribution in [0, 0.1) is 18.6 Å². The first kappa shape index (κ1) is 18.5. The predicted molar refractivity (Wildman–Crippen MR) is 89.7 cm³/mol. The molecular formula is C18H18F2N2O3. The predicted octanol–water partition coefficient (Wildman–Crippen LogP) is 2.90. The second-order valence-electron chi connectivity index (χ2n) is 5.31. The minimum atomic E-state index is -1.10. The Balaban J connectivity index is 2.17. The third kappa shape index (κ3) is 4.60. The Hall–Kier alpha value is -2.80. The van der Waals surface area contributed by atoms with Crippen LogP contribution in [-0.4, -0.2) is 32.1 Å². The molecule has 2 N–H and O–H groups in total. The van der Waals surface area contributed by atoms with E-state index in [0.29, 0.717) is 30.0 Å². The monoisotopic (exact) mass is 348 g/mol. The van der Waals surface area contributed by atoms with Gasteiger partial charge in [0.15, 0.2) is 11.6 Å². The Labute approximate surface area is 144 Å². The molecule has 7 heteroatoms. The van der Waals surface area contributed by atoms with Gasteiger partial charge in [0.2, 0.25) is 0 Å². The van der Waals surface area contributed by atoms with Gasteiger partial charge in [0.25, 0.3) is 11.8 Å². The van der Waals surface area contributed by atoms with Gasteiger partial charge in [-0.25, -0.2) is 8.78 Å². The van der Waals surface area contributed by atoms with E-state index in [-0.39, 0.29) is 11.5 Å². The molecule has 0 heterocycles.